The van der Waals surface area contributed by atoms with Crippen molar-refractivity contribution in [3.8, 4) is 0 Å². The van der Waals surface area contributed by atoms with Crippen molar-refractivity contribution in [2.45, 2.75) is 39.8 Å². The number of aliphatic hydroxyl groups excluding tert-OH is 1. The number of amides is 1. The second kappa shape index (κ2) is 10.4. The number of aromatic amines is 1. The van der Waals surface area contributed by atoms with Crippen LogP contribution >= 0.6 is 11.6 Å². The lowest BCUT2D eigenvalue weighted by Gasteiger charge is -2.25. The fraction of sp³-hybridized carbons (Fsp3) is 0.308. The molecule has 1 aromatic carbocycles. The molecule has 10 heteroatoms. The van der Waals surface area contributed by atoms with E-state index in [0.29, 0.717) is 40.4 Å². The molecule has 1 unspecified atom stereocenters. The van der Waals surface area contributed by atoms with Crippen molar-refractivity contribution >= 4 is 35.0 Å². The maximum absolute atomic E-state index is 13.3. The molecule has 2 aromatic heterocycles. The van der Waals surface area contributed by atoms with Gasteiger partial charge in [0, 0.05) is 41.8 Å². The van der Waals surface area contributed by atoms with E-state index in [2.05, 4.69) is 9.97 Å². The molecule has 2 N–H and O–H groups in total. The van der Waals surface area contributed by atoms with Gasteiger partial charge in [0.15, 0.2) is 0 Å². The van der Waals surface area contributed by atoms with Gasteiger partial charge in [-0.3, -0.25) is 9.59 Å². The van der Waals surface area contributed by atoms with E-state index >= 15 is 0 Å². The van der Waals surface area contributed by atoms with Crippen molar-refractivity contribution in [2.75, 3.05) is 13.2 Å². The summed E-state index contributed by atoms with van der Waals surface area (Å²) in [5.74, 6) is -2.38. The summed E-state index contributed by atoms with van der Waals surface area (Å²) in [6, 6.07) is 6.00. The number of aliphatic hydroxyl groups is 1. The number of esters is 1. The molecule has 3 aromatic rings. The molecule has 1 fully saturated rings. The average Bonchev–Trinajstić information content (AvgIpc) is 3.53. The largest absolute Gasteiger partial charge is 0.507 e. The van der Waals surface area contributed by atoms with Gasteiger partial charge in [-0.25, -0.2) is 9.78 Å². The molecule has 1 saturated heterocycles. The Balaban J connectivity index is 1.78. The highest BCUT2D eigenvalue weighted by molar-refractivity contribution is 6.46. The number of hydrogen-bond donors (Lipinski definition) is 2. The van der Waals surface area contributed by atoms with Gasteiger partial charge in [0.25, 0.3) is 11.7 Å². The predicted octanol–water partition coefficient (Wildman–Crippen LogP) is 4.17. The third-order valence-corrected chi connectivity index (χ3v) is 6.51. The van der Waals surface area contributed by atoms with Crippen molar-refractivity contribution in [1.29, 1.82) is 0 Å². The van der Waals surface area contributed by atoms with Gasteiger partial charge in [-0.2, -0.15) is 0 Å². The molecule has 9 nitrogen and oxygen atoms in total. The zero-order chi connectivity index (χ0) is 26.0. The number of carbonyl (C=O) groups excluding carboxylic acids is 3. The molecular formula is C26H27ClN4O5. The maximum Gasteiger partial charge on any atom is 0.355 e. The van der Waals surface area contributed by atoms with Crippen LogP contribution in [0.15, 0.2) is 48.6 Å². The topological polar surface area (TPSA) is 118 Å². The van der Waals surface area contributed by atoms with Crippen LogP contribution in [0.1, 0.15) is 52.3 Å². The smallest absolute Gasteiger partial charge is 0.355 e. The van der Waals surface area contributed by atoms with E-state index < -0.39 is 23.7 Å². The van der Waals surface area contributed by atoms with Crippen molar-refractivity contribution in [1.82, 2.24) is 19.4 Å². The number of likely N-dealkylation sites (tertiary alicyclic amines) is 1. The number of aromatic nitrogens is 3. The summed E-state index contributed by atoms with van der Waals surface area (Å²) < 4.78 is 6.98. The zero-order valence-electron chi connectivity index (χ0n) is 20.2. The van der Waals surface area contributed by atoms with E-state index in [0.717, 1.165) is 0 Å². The molecule has 4 rings (SSSR count). The van der Waals surface area contributed by atoms with E-state index in [-0.39, 0.29) is 30.2 Å². The number of hydrogen-bond acceptors (Lipinski definition) is 6. The number of carbonyl (C=O) groups is 3. The fourth-order valence-electron chi connectivity index (χ4n) is 4.59. The molecular weight excluding hydrogens is 484 g/mol. The molecule has 36 heavy (non-hydrogen) atoms. The van der Waals surface area contributed by atoms with Crippen LogP contribution in [0.3, 0.4) is 0 Å². The Morgan fingerprint density at radius 1 is 1.19 bits per heavy atom. The third kappa shape index (κ3) is 4.66. The van der Waals surface area contributed by atoms with Crippen molar-refractivity contribution < 1.29 is 24.2 Å². The Bertz CT molecular complexity index is 1330. The lowest BCUT2D eigenvalue weighted by Crippen LogP contribution is -2.31. The molecule has 3 heterocycles. The molecule has 188 valence electrons. The van der Waals surface area contributed by atoms with Gasteiger partial charge in [-0.05, 0) is 50.5 Å². The minimum absolute atomic E-state index is 0.0365. The van der Waals surface area contributed by atoms with Gasteiger partial charge < -0.3 is 24.3 Å². The summed E-state index contributed by atoms with van der Waals surface area (Å²) >= 11 is 6.08. The number of H-pyrrole nitrogens is 1. The summed E-state index contributed by atoms with van der Waals surface area (Å²) in [6.45, 7) is 6.12. The standard InChI is InChI=1S/C26H27ClN4O5/c1-4-36-26(35)21-15(2)19(16(3)29-21)23(32)20-22(17-6-8-18(27)9-7-17)31(25(34)24(20)33)12-5-11-30-13-10-28-14-30/h6-10,13-14,22,29,32H,4-5,11-12H2,1-3H3/b23-20+. The average molecular weight is 511 g/mol. The Morgan fingerprint density at radius 2 is 1.92 bits per heavy atom. The summed E-state index contributed by atoms with van der Waals surface area (Å²) in [5.41, 5.74) is 2.01. The SMILES string of the molecule is CCOC(=O)c1[nH]c(C)c(/C(O)=C2\C(=O)C(=O)N(CCCn3ccnc3)C2c2ccc(Cl)cc2)c1C. The summed E-state index contributed by atoms with van der Waals surface area (Å²) in [4.78, 5) is 47.3. The Hall–Kier alpha value is -3.85. The van der Waals surface area contributed by atoms with Crippen LogP contribution in [-0.4, -0.2) is 55.4 Å². The molecule has 0 aliphatic carbocycles. The van der Waals surface area contributed by atoms with E-state index in [1.807, 2.05) is 10.8 Å². The lowest BCUT2D eigenvalue weighted by atomic mass is 9.94. The highest BCUT2D eigenvalue weighted by Gasteiger charge is 2.46. The van der Waals surface area contributed by atoms with Gasteiger partial charge >= 0.3 is 5.97 Å². The van der Waals surface area contributed by atoms with Crippen molar-refractivity contribution in [3.05, 3.63) is 81.7 Å². The first-order chi connectivity index (χ1) is 17.2. The zero-order valence-corrected chi connectivity index (χ0v) is 21.0. The van der Waals surface area contributed by atoms with Crippen LogP contribution in [0.2, 0.25) is 5.02 Å². The van der Waals surface area contributed by atoms with Crippen LogP contribution in [0.4, 0.5) is 0 Å². The van der Waals surface area contributed by atoms with Crippen LogP contribution in [0.25, 0.3) is 5.76 Å². The Labute approximate surface area is 213 Å². The number of nitrogens with zero attached hydrogens (tertiary/aromatic N) is 3. The number of ketones is 1. The van der Waals surface area contributed by atoms with Crippen LogP contribution < -0.4 is 0 Å². The predicted molar refractivity (Wildman–Crippen MR) is 134 cm³/mol. The molecule has 0 radical (unpaired) electrons. The first-order valence-corrected chi connectivity index (χ1v) is 12.0. The molecule has 1 amide bonds. The molecule has 1 atom stereocenters. The number of aryl methyl sites for hydroxylation is 2. The number of rotatable bonds is 8. The molecule has 0 bridgehead atoms. The van der Waals surface area contributed by atoms with Crippen LogP contribution in [0, 0.1) is 13.8 Å². The summed E-state index contributed by atoms with van der Waals surface area (Å²) in [7, 11) is 0. The van der Waals surface area contributed by atoms with Crippen molar-refractivity contribution in [2.24, 2.45) is 0 Å². The highest BCUT2D eigenvalue weighted by atomic mass is 35.5. The van der Waals surface area contributed by atoms with E-state index in [1.165, 1.54) is 4.90 Å². The van der Waals surface area contributed by atoms with Gasteiger partial charge in [0.2, 0.25) is 0 Å². The van der Waals surface area contributed by atoms with E-state index in [9.17, 15) is 19.5 Å². The normalized spacial score (nSPS) is 17.1. The summed E-state index contributed by atoms with van der Waals surface area (Å²) in [5, 5.41) is 12.0. The minimum atomic E-state index is -0.815. The van der Waals surface area contributed by atoms with Gasteiger partial charge in [0.05, 0.1) is 24.5 Å². The lowest BCUT2D eigenvalue weighted by molar-refractivity contribution is -0.139. The Morgan fingerprint density at radius 3 is 2.56 bits per heavy atom. The first kappa shape index (κ1) is 25.2. The molecule has 1 aliphatic rings. The second-order valence-corrected chi connectivity index (χ2v) is 8.98. The number of nitrogens with one attached hydrogen (secondary N) is 1. The van der Waals surface area contributed by atoms with E-state index in [4.69, 9.17) is 16.3 Å². The van der Waals surface area contributed by atoms with E-state index in [1.54, 1.807) is 57.6 Å². The maximum atomic E-state index is 13.3. The fourth-order valence-corrected chi connectivity index (χ4v) is 4.72. The number of benzene rings is 1. The molecule has 1 aliphatic heterocycles. The minimum Gasteiger partial charge on any atom is -0.507 e. The Kier molecular flexibility index (Phi) is 7.30. The summed E-state index contributed by atoms with van der Waals surface area (Å²) in [6.07, 6.45) is 5.75. The molecule has 0 spiro atoms. The number of imidazole rings is 1. The van der Waals surface area contributed by atoms with Gasteiger partial charge in [0.1, 0.15) is 11.5 Å². The van der Waals surface area contributed by atoms with Crippen LogP contribution in [0.5, 0.6) is 0 Å². The quantitative estimate of drug-likeness (QED) is 0.203. The van der Waals surface area contributed by atoms with Crippen LogP contribution in [-0.2, 0) is 20.9 Å². The van der Waals surface area contributed by atoms with Gasteiger partial charge in [-0.15, -0.1) is 0 Å². The second-order valence-electron chi connectivity index (χ2n) is 8.54. The highest BCUT2D eigenvalue weighted by Crippen LogP contribution is 2.41. The van der Waals surface area contributed by atoms with Crippen molar-refractivity contribution in [3.63, 3.8) is 0 Å². The number of halogens is 1. The first-order valence-electron chi connectivity index (χ1n) is 11.6. The number of Topliss-reactive ketones (excluding diaryl/α,β-unsaturated/α-hetero) is 1. The number of ether oxygens (including phenoxy) is 1. The molecule has 0 saturated carbocycles. The monoisotopic (exact) mass is 510 g/mol. The third-order valence-electron chi connectivity index (χ3n) is 6.25. The van der Waals surface area contributed by atoms with Gasteiger partial charge in [-0.1, -0.05) is 23.7 Å².